The minimum absolute atomic E-state index is 0.0555. The van der Waals surface area contributed by atoms with Crippen LogP contribution in [0.5, 0.6) is 5.75 Å². The van der Waals surface area contributed by atoms with Crippen LogP contribution in [0.3, 0.4) is 0 Å². The summed E-state index contributed by atoms with van der Waals surface area (Å²) in [4.78, 5) is 25.5. The number of aliphatic carboxylic acids is 1. The van der Waals surface area contributed by atoms with E-state index in [0.29, 0.717) is 28.1 Å². The van der Waals surface area contributed by atoms with Crippen LogP contribution >= 0.6 is 0 Å². The van der Waals surface area contributed by atoms with Crippen LogP contribution in [0.15, 0.2) is 59.4 Å². The highest BCUT2D eigenvalue weighted by Gasteiger charge is 2.13. The number of nitriles is 1. The van der Waals surface area contributed by atoms with Crippen molar-refractivity contribution in [2.45, 2.75) is 0 Å². The van der Waals surface area contributed by atoms with E-state index in [1.165, 1.54) is 24.3 Å². The zero-order valence-corrected chi connectivity index (χ0v) is 13.9. The van der Waals surface area contributed by atoms with Gasteiger partial charge in [0.15, 0.2) is 6.61 Å². The van der Waals surface area contributed by atoms with Gasteiger partial charge < -0.3 is 14.8 Å². The quantitative estimate of drug-likeness (QED) is 0.724. The van der Waals surface area contributed by atoms with Crippen molar-refractivity contribution in [1.29, 1.82) is 5.26 Å². The number of pyridine rings is 1. The molecule has 0 radical (unpaired) electrons. The summed E-state index contributed by atoms with van der Waals surface area (Å²) in [5.41, 5.74) is 1.43. The van der Waals surface area contributed by atoms with Gasteiger partial charge in [-0.05, 0) is 53.6 Å². The van der Waals surface area contributed by atoms with Crippen molar-refractivity contribution < 1.29 is 19.0 Å². The number of aromatic amines is 1. The number of halogens is 1. The third-order valence-corrected chi connectivity index (χ3v) is 3.83. The van der Waals surface area contributed by atoms with Crippen LogP contribution in [0.4, 0.5) is 4.39 Å². The number of hydrogen-bond donors (Lipinski definition) is 2. The number of nitrogens with zero attached hydrogens (tertiary/aromatic N) is 1. The Morgan fingerprint density at radius 3 is 2.33 bits per heavy atom. The molecule has 0 spiro atoms. The number of benzene rings is 2. The molecule has 2 aromatic carbocycles. The van der Waals surface area contributed by atoms with Gasteiger partial charge in [0, 0.05) is 11.3 Å². The molecule has 27 heavy (non-hydrogen) atoms. The van der Waals surface area contributed by atoms with E-state index in [1.54, 1.807) is 30.3 Å². The van der Waals surface area contributed by atoms with Gasteiger partial charge in [0.2, 0.25) is 0 Å². The summed E-state index contributed by atoms with van der Waals surface area (Å²) in [6.07, 6.45) is 0. The second-order valence-electron chi connectivity index (χ2n) is 5.63. The number of rotatable bonds is 5. The summed E-state index contributed by atoms with van der Waals surface area (Å²) in [5, 5.41) is 18.0. The van der Waals surface area contributed by atoms with Crippen LogP contribution < -0.4 is 10.3 Å². The number of carboxylic acids is 1. The summed E-state index contributed by atoms with van der Waals surface area (Å²) in [6.45, 7) is -0.470. The lowest BCUT2D eigenvalue weighted by atomic mass is 9.99. The van der Waals surface area contributed by atoms with E-state index in [0.717, 1.165) is 0 Å². The van der Waals surface area contributed by atoms with Crippen molar-refractivity contribution in [3.05, 3.63) is 76.3 Å². The summed E-state index contributed by atoms with van der Waals surface area (Å²) < 4.78 is 18.2. The van der Waals surface area contributed by atoms with Crippen LogP contribution in [-0.4, -0.2) is 22.7 Å². The zero-order chi connectivity index (χ0) is 19.4. The molecular formula is C20H13FN2O4. The van der Waals surface area contributed by atoms with Gasteiger partial charge in [-0.15, -0.1) is 0 Å². The molecule has 0 atom stereocenters. The van der Waals surface area contributed by atoms with Gasteiger partial charge in [0.1, 0.15) is 23.2 Å². The largest absolute Gasteiger partial charge is 0.482 e. The maximum Gasteiger partial charge on any atom is 0.341 e. The van der Waals surface area contributed by atoms with Gasteiger partial charge in [-0.2, -0.15) is 5.26 Å². The average molecular weight is 364 g/mol. The second kappa shape index (κ2) is 7.54. The topological polar surface area (TPSA) is 103 Å². The van der Waals surface area contributed by atoms with Gasteiger partial charge in [0.25, 0.3) is 5.56 Å². The van der Waals surface area contributed by atoms with Crippen molar-refractivity contribution in [3.63, 3.8) is 0 Å². The Balaban J connectivity index is 2.03. The van der Waals surface area contributed by atoms with E-state index in [-0.39, 0.29) is 5.56 Å². The maximum absolute atomic E-state index is 13.1. The molecule has 1 aromatic heterocycles. The first-order chi connectivity index (χ1) is 13.0. The van der Waals surface area contributed by atoms with Crippen molar-refractivity contribution in [2.75, 3.05) is 6.61 Å². The number of ether oxygens (including phenoxy) is 1. The predicted molar refractivity (Wildman–Crippen MR) is 95.7 cm³/mol. The Labute approximate surface area is 153 Å². The lowest BCUT2D eigenvalue weighted by Crippen LogP contribution is -2.12. The van der Waals surface area contributed by atoms with Crippen LogP contribution in [-0.2, 0) is 4.79 Å². The summed E-state index contributed by atoms with van der Waals surface area (Å²) >= 11 is 0. The lowest BCUT2D eigenvalue weighted by molar-refractivity contribution is -0.139. The zero-order valence-electron chi connectivity index (χ0n) is 13.9. The molecule has 0 aliphatic heterocycles. The van der Waals surface area contributed by atoms with Crippen LogP contribution in [0.1, 0.15) is 5.56 Å². The first-order valence-corrected chi connectivity index (χ1v) is 7.86. The van der Waals surface area contributed by atoms with E-state index in [2.05, 4.69) is 4.98 Å². The molecule has 0 bridgehead atoms. The lowest BCUT2D eigenvalue weighted by Gasteiger charge is -2.09. The Morgan fingerprint density at radius 1 is 1.11 bits per heavy atom. The SMILES string of the molecule is N#Cc1c(-c2ccc(OCC(=O)O)cc2)cc(-c2ccc(F)cc2)[nH]c1=O. The van der Waals surface area contributed by atoms with Crippen LogP contribution in [0.25, 0.3) is 22.4 Å². The van der Waals surface area contributed by atoms with Gasteiger partial charge >= 0.3 is 5.97 Å². The van der Waals surface area contributed by atoms with Crippen molar-refractivity contribution in [2.24, 2.45) is 0 Å². The smallest absolute Gasteiger partial charge is 0.341 e. The number of carbonyl (C=O) groups is 1. The Morgan fingerprint density at radius 2 is 1.74 bits per heavy atom. The number of nitrogens with one attached hydrogen (secondary N) is 1. The molecule has 7 heteroatoms. The number of H-pyrrole nitrogens is 1. The average Bonchev–Trinajstić information content (AvgIpc) is 2.66. The maximum atomic E-state index is 13.1. The second-order valence-corrected chi connectivity index (χ2v) is 5.63. The van der Waals surface area contributed by atoms with E-state index in [4.69, 9.17) is 9.84 Å². The molecule has 0 saturated carbocycles. The van der Waals surface area contributed by atoms with Crippen LogP contribution in [0, 0.1) is 17.1 Å². The molecule has 0 aliphatic carbocycles. The Hall–Kier alpha value is -3.92. The van der Waals surface area contributed by atoms with Crippen LogP contribution in [0.2, 0.25) is 0 Å². The van der Waals surface area contributed by atoms with E-state index >= 15 is 0 Å². The third kappa shape index (κ3) is 4.02. The Bertz CT molecular complexity index is 1080. The minimum Gasteiger partial charge on any atom is -0.482 e. The highest BCUT2D eigenvalue weighted by molar-refractivity contribution is 5.75. The Kier molecular flexibility index (Phi) is 4.99. The molecule has 0 fully saturated rings. The van der Waals surface area contributed by atoms with E-state index in [1.807, 2.05) is 6.07 Å². The molecular weight excluding hydrogens is 351 g/mol. The van der Waals surface area contributed by atoms with Crippen molar-refractivity contribution >= 4 is 5.97 Å². The van der Waals surface area contributed by atoms with Gasteiger partial charge in [0.05, 0.1) is 0 Å². The molecule has 0 unspecified atom stereocenters. The molecule has 0 aliphatic rings. The molecule has 2 N–H and O–H groups in total. The van der Waals surface area contributed by atoms with Gasteiger partial charge in [-0.25, -0.2) is 9.18 Å². The minimum atomic E-state index is -1.09. The molecule has 3 rings (SSSR count). The molecule has 6 nitrogen and oxygen atoms in total. The predicted octanol–water partition coefficient (Wildman–Crippen LogP) is 3.18. The fraction of sp³-hybridized carbons (Fsp3) is 0.0500. The highest BCUT2D eigenvalue weighted by atomic mass is 19.1. The highest BCUT2D eigenvalue weighted by Crippen LogP contribution is 2.27. The summed E-state index contributed by atoms with van der Waals surface area (Å²) in [6, 6.07) is 15.5. The molecule has 0 saturated heterocycles. The number of aromatic nitrogens is 1. The van der Waals surface area contributed by atoms with Gasteiger partial charge in [-0.3, -0.25) is 4.79 Å². The molecule has 134 valence electrons. The fourth-order valence-corrected chi connectivity index (χ4v) is 2.56. The van der Waals surface area contributed by atoms with Crippen molar-refractivity contribution in [1.82, 2.24) is 4.98 Å². The monoisotopic (exact) mass is 364 g/mol. The number of hydrogen-bond acceptors (Lipinski definition) is 4. The normalized spacial score (nSPS) is 10.2. The molecule has 3 aromatic rings. The summed E-state index contributed by atoms with van der Waals surface area (Å²) in [7, 11) is 0. The van der Waals surface area contributed by atoms with E-state index < -0.39 is 24.0 Å². The summed E-state index contributed by atoms with van der Waals surface area (Å²) in [5.74, 6) is -1.14. The van der Waals surface area contributed by atoms with Gasteiger partial charge in [-0.1, -0.05) is 12.1 Å². The van der Waals surface area contributed by atoms with E-state index in [9.17, 15) is 19.2 Å². The molecule has 1 heterocycles. The standard InChI is InChI=1S/C20H13FN2O4/c21-14-5-1-13(2-6-14)18-9-16(17(10-22)20(26)23-18)12-3-7-15(8-4-12)27-11-19(24)25/h1-9H,11H2,(H,23,26)(H,24,25). The third-order valence-electron chi connectivity index (χ3n) is 3.83. The van der Waals surface area contributed by atoms with Crippen molar-refractivity contribution in [3.8, 4) is 34.2 Å². The molecule has 0 amide bonds. The first-order valence-electron chi connectivity index (χ1n) is 7.86. The first kappa shape index (κ1) is 17.9. The fourth-order valence-electron chi connectivity index (χ4n) is 2.56. The number of carboxylic acid groups (broad SMARTS) is 1.